The topological polar surface area (TPSA) is 124 Å². The van der Waals surface area contributed by atoms with Crippen LogP contribution in [-0.4, -0.2) is 39.9 Å². The van der Waals surface area contributed by atoms with Crippen molar-refractivity contribution < 1.29 is 19.8 Å². The molecule has 3 aromatic rings. The Morgan fingerprint density at radius 3 is 2.41 bits per heavy atom. The maximum absolute atomic E-state index is 13.5. The van der Waals surface area contributed by atoms with E-state index in [9.17, 15) is 24.6 Å². The van der Waals surface area contributed by atoms with Crippen LogP contribution in [0.25, 0.3) is 0 Å². The van der Waals surface area contributed by atoms with E-state index in [4.69, 9.17) is 11.6 Å². The van der Waals surface area contributed by atoms with E-state index < -0.39 is 23.6 Å². The fourth-order valence-electron chi connectivity index (χ4n) is 4.86. The second-order valence-electron chi connectivity index (χ2n) is 9.91. The number of carbonyl (C=O) groups excluding carboxylic acids is 1. The van der Waals surface area contributed by atoms with Gasteiger partial charge in [0.05, 0.1) is 19.0 Å². The lowest BCUT2D eigenvalue weighted by atomic mass is 10.0. The third-order valence-electron chi connectivity index (χ3n) is 6.96. The molecule has 1 saturated heterocycles. The second kappa shape index (κ2) is 12.3. The van der Waals surface area contributed by atoms with Gasteiger partial charge in [-0.05, 0) is 50.8 Å². The molecule has 1 atom stereocenters. The lowest BCUT2D eigenvalue weighted by Gasteiger charge is -2.31. The summed E-state index contributed by atoms with van der Waals surface area (Å²) in [6.07, 6.45) is 4.52. The van der Waals surface area contributed by atoms with Crippen LogP contribution in [0.2, 0.25) is 5.02 Å². The molecular weight excluding hydrogens is 520 g/mol. The quantitative estimate of drug-likeness (QED) is 0.304. The van der Waals surface area contributed by atoms with E-state index in [0.29, 0.717) is 16.1 Å². The van der Waals surface area contributed by atoms with E-state index in [1.807, 2.05) is 31.2 Å². The minimum absolute atomic E-state index is 0.146. The van der Waals surface area contributed by atoms with Crippen molar-refractivity contribution in [3.8, 4) is 5.75 Å². The molecule has 2 heterocycles. The lowest BCUT2D eigenvalue weighted by molar-refractivity contribution is -0.137. The summed E-state index contributed by atoms with van der Waals surface area (Å²) < 4.78 is 1.41. The molecule has 9 nitrogen and oxygen atoms in total. The molecule has 206 valence electrons. The number of carboxylic acids is 1. The van der Waals surface area contributed by atoms with Gasteiger partial charge in [0.25, 0.3) is 5.56 Å². The number of carbonyl (C=O) groups is 2. The SMILES string of the molecule is Cc1ccc([C@H](CC(=O)O)NC(=O)Nc2c(O)c(C)cn(Cc3c(Cl)cccc3N3CCCCC3)c2=O)cc1. The first kappa shape index (κ1) is 28.0. The smallest absolute Gasteiger partial charge is 0.319 e. The summed E-state index contributed by atoms with van der Waals surface area (Å²) in [5.41, 5.74) is 2.82. The first-order valence-corrected chi connectivity index (χ1v) is 13.3. The summed E-state index contributed by atoms with van der Waals surface area (Å²) in [6.45, 7) is 5.49. The number of benzene rings is 2. The maximum atomic E-state index is 13.5. The highest BCUT2D eigenvalue weighted by molar-refractivity contribution is 6.31. The predicted octanol–water partition coefficient (Wildman–Crippen LogP) is 5.20. The standard InChI is InChI=1S/C29H33ClN4O5/c1-18-9-11-20(12-10-18)23(15-25(35)36)31-29(39)32-26-27(37)19(2)16-34(28(26)38)17-21-22(30)7-6-8-24(21)33-13-4-3-5-14-33/h6-12,16,23,37H,3-5,13-15,17H2,1-2H3,(H,35,36)(H2,31,32,39)/t23-/m0/s1. The van der Waals surface area contributed by atoms with Crippen molar-refractivity contribution >= 4 is 35.0 Å². The van der Waals surface area contributed by atoms with Crippen LogP contribution in [0.1, 0.15) is 54.0 Å². The molecule has 0 aliphatic carbocycles. The zero-order valence-electron chi connectivity index (χ0n) is 22.0. The normalized spacial score (nSPS) is 14.1. The Morgan fingerprint density at radius 2 is 1.74 bits per heavy atom. The molecule has 4 N–H and O–H groups in total. The van der Waals surface area contributed by atoms with Crippen LogP contribution in [0.3, 0.4) is 0 Å². The summed E-state index contributed by atoms with van der Waals surface area (Å²) in [6, 6.07) is 11.1. The number of halogens is 1. The largest absolute Gasteiger partial charge is 0.505 e. The van der Waals surface area contributed by atoms with E-state index in [0.717, 1.165) is 42.7 Å². The van der Waals surface area contributed by atoms with Crippen molar-refractivity contribution in [1.82, 2.24) is 9.88 Å². The summed E-state index contributed by atoms with van der Waals surface area (Å²) in [5, 5.41) is 25.6. The number of anilines is 2. The number of hydrogen-bond donors (Lipinski definition) is 4. The minimum Gasteiger partial charge on any atom is -0.505 e. The molecule has 1 aliphatic heterocycles. The molecule has 39 heavy (non-hydrogen) atoms. The van der Waals surface area contributed by atoms with Crippen molar-refractivity contribution in [2.45, 2.75) is 52.1 Å². The molecular formula is C29H33ClN4O5. The van der Waals surface area contributed by atoms with Crippen molar-refractivity contribution in [2.75, 3.05) is 23.3 Å². The number of aryl methyl sites for hydroxylation is 2. The number of piperidine rings is 1. The Hall–Kier alpha value is -3.98. The highest BCUT2D eigenvalue weighted by atomic mass is 35.5. The first-order valence-electron chi connectivity index (χ1n) is 12.9. The highest BCUT2D eigenvalue weighted by Gasteiger charge is 2.22. The fraction of sp³-hybridized carbons (Fsp3) is 0.345. The number of pyridine rings is 1. The van der Waals surface area contributed by atoms with Crippen LogP contribution in [-0.2, 0) is 11.3 Å². The van der Waals surface area contributed by atoms with Gasteiger partial charge in [0, 0.05) is 41.1 Å². The molecule has 0 radical (unpaired) electrons. The van der Waals surface area contributed by atoms with Gasteiger partial charge in [-0.2, -0.15) is 0 Å². The molecule has 10 heteroatoms. The minimum atomic E-state index is -1.09. The number of aromatic hydroxyl groups is 1. The van der Waals surface area contributed by atoms with Gasteiger partial charge in [-0.1, -0.05) is 47.5 Å². The van der Waals surface area contributed by atoms with Crippen LogP contribution < -0.4 is 21.1 Å². The third-order valence-corrected chi connectivity index (χ3v) is 7.31. The van der Waals surface area contributed by atoms with Gasteiger partial charge in [0.2, 0.25) is 0 Å². The van der Waals surface area contributed by atoms with E-state index in [2.05, 4.69) is 15.5 Å². The van der Waals surface area contributed by atoms with Crippen LogP contribution in [0.15, 0.2) is 53.5 Å². The van der Waals surface area contributed by atoms with Gasteiger partial charge >= 0.3 is 12.0 Å². The number of carboxylic acid groups (broad SMARTS) is 1. The number of amides is 2. The number of urea groups is 1. The fourth-order valence-corrected chi connectivity index (χ4v) is 5.09. The van der Waals surface area contributed by atoms with E-state index in [1.54, 1.807) is 25.1 Å². The summed E-state index contributed by atoms with van der Waals surface area (Å²) >= 11 is 6.59. The molecule has 1 aliphatic rings. The summed E-state index contributed by atoms with van der Waals surface area (Å²) in [7, 11) is 0. The molecule has 1 aromatic heterocycles. The van der Waals surface area contributed by atoms with Gasteiger partial charge < -0.3 is 30.3 Å². The maximum Gasteiger partial charge on any atom is 0.319 e. The Balaban J connectivity index is 1.61. The van der Waals surface area contributed by atoms with Crippen LogP contribution in [0, 0.1) is 13.8 Å². The number of aromatic nitrogens is 1. The molecule has 2 amide bonds. The van der Waals surface area contributed by atoms with Crippen LogP contribution in [0.5, 0.6) is 5.75 Å². The monoisotopic (exact) mass is 552 g/mol. The molecule has 0 saturated carbocycles. The zero-order chi connectivity index (χ0) is 28.1. The van der Waals surface area contributed by atoms with Gasteiger partial charge in [-0.25, -0.2) is 4.79 Å². The van der Waals surface area contributed by atoms with Crippen LogP contribution in [0.4, 0.5) is 16.2 Å². The van der Waals surface area contributed by atoms with E-state index in [-0.39, 0.29) is 24.4 Å². The number of rotatable bonds is 8. The Bertz CT molecular complexity index is 1410. The summed E-state index contributed by atoms with van der Waals surface area (Å²) in [5.74, 6) is -1.45. The zero-order valence-corrected chi connectivity index (χ0v) is 22.8. The van der Waals surface area contributed by atoms with Gasteiger partial charge in [-0.15, -0.1) is 0 Å². The lowest BCUT2D eigenvalue weighted by Crippen LogP contribution is -2.36. The number of hydrogen-bond acceptors (Lipinski definition) is 5. The van der Waals surface area contributed by atoms with Crippen molar-refractivity contribution in [3.63, 3.8) is 0 Å². The number of aliphatic carboxylic acids is 1. The van der Waals surface area contributed by atoms with E-state index in [1.165, 1.54) is 17.2 Å². The molecule has 0 spiro atoms. The van der Waals surface area contributed by atoms with Crippen LogP contribution >= 0.6 is 11.6 Å². The Morgan fingerprint density at radius 1 is 1.05 bits per heavy atom. The Labute approximate surface area is 232 Å². The highest BCUT2D eigenvalue weighted by Crippen LogP contribution is 2.31. The first-order chi connectivity index (χ1) is 18.6. The molecule has 0 unspecified atom stereocenters. The van der Waals surface area contributed by atoms with Gasteiger partial charge in [0.15, 0.2) is 5.69 Å². The van der Waals surface area contributed by atoms with Crippen molar-refractivity contribution in [1.29, 1.82) is 0 Å². The van der Waals surface area contributed by atoms with Crippen molar-refractivity contribution in [3.05, 3.63) is 86.3 Å². The predicted molar refractivity (Wildman–Crippen MR) is 152 cm³/mol. The third kappa shape index (κ3) is 6.72. The van der Waals surface area contributed by atoms with Crippen molar-refractivity contribution in [2.24, 2.45) is 0 Å². The van der Waals surface area contributed by atoms with E-state index >= 15 is 0 Å². The number of nitrogens with zero attached hydrogens (tertiary/aromatic N) is 2. The molecule has 4 rings (SSSR count). The number of nitrogens with one attached hydrogen (secondary N) is 2. The van der Waals surface area contributed by atoms with Gasteiger partial charge in [-0.3, -0.25) is 9.59 Å². The second-order valence-corrected chi connectivity index (χ2v) is 10.3. The molecule has 0 bridgehead atoms. The summed E-state index contributed by atoms with van der Waals surface area (Å²) in [4.78, 5) is 40.1. The molecule has 1 fully saturated rings. The molecule has 2 aromatic carbocycles. The Kier molecular flexibility index (Phi) is 8.81. The average Bonchev–Trinajstić information content (AvgIpc) is 2.91. The average molecular weight is 553 g/mol. The van der Waals surface area contributed by atoms with Gasteiger partial charge in [0.1, 0.15) is 5.75 Å².